The van der Waals surface area contributed by atoms with Crippen LogP contribution >= 0.6 is 11.3 Å². The maximum atomic E-state index is 5.42. The number of nitrogens with zero attached hydrogens (tertiary/aromatic N) is 3. The number of thiophene rings is 1. The Balaban J connectivity index is 0.859. The molecule has 72 heavy (non-hydrogen) atoms. The third-order valence-corrected chi connectivity index (χ3v) is 16.4. The average molecular weight is 932 g/mol. The van der Waals surface area contributed by atoms with Gasteiger partial charge in [-0.15, -0.1) is 11.3 Å². The van der Waals surface area contributed by atoms with Gasteiger partial charge in [0, 0.05) is 36.9 Å². The lowest BCUT2D eigenvalue weighted by Gasteiger charge is -2.30. The highest BCUT2D eigenvalue weighted by atomic mass is 32.1. The first-order valence-corrected chi connectivity index (χ1v) is 25.4. The first kappa shape index (κ1) is 40.8. The van der Waals surface area contributed by atoms with Crippen molar-refractivity contribution in [1.29, 1.82) is 0 Å². The Morgan fingerprint density at radius 1 is 0.264 bits per heavy atom. The van der Waals surface area contributed by atoms with Crippen LogP contribution in [-0.2, 0) is 5.41 Å². The van der Waals surface area contributed by atoms with Crippen LogP contribution in [0.15, 0.2) is 249 Å². The van der Waals surface area contributed by atoms with E-state index in [4.69, 9.17) is 15.0 Å². The summed E-state index contributed by atoms with van der Waals surface area (Å²) in [6.45, 7) is 0. The third-order valence-electron chi connectivity index (χ3n) is 15.2. The molecule has 0 fully saturated rings. The van der Waals surface area contributed by atoms with Crippen LogP contribution in [-0.4, -0.2) is 15.0 Å². The molecule has 0 aliphatic heterocycles. The summed E-state index contributed by atoms with van der Waals surface area (Å²) < 4.78 is 2.64. The van der Waals surface area contributed by atoms with Gasteiger partial charge in [-0.05, 0) is 94.7 Å². The molecule has 0 saturated heterocycles. The maximum Gasteiger partial charge on any atom is 0.164 e. The molecule has 11 aromatic carbocycles. The smallest absolute Gasteiger partial charge is 0.164 e. The van der Waals surface area contributed by atoms with Crippen molar-refractivity contribution in [3.63, 3.8) is 0 Å². The quantitative estimate of drug-likeness (QED) is 0.167. The molecule has 1 spiro atoms. The summed E-state index contributed by atoms with van der Waals surface area (Å²) in [5.41, 5.74) is 19.5. The second kappa shape index (κ2) is 16.0. The topological polar surface area (TPSA) is 38.7 Å². The molecule has 2 heterocycles. The van der Waals surface area contributed by atoms with Crippen LogP contribution in [0.25, 0.3) is 121 Å². The minimum Gasteiger partial charge on any atom is -0.208 e. The molecular weight excluding hydrogens is 891 g/mol. The Hall–Kier alpha value is -9.09. The van der Waals surface area contributed by atoms with Crippen molar-refractivity contribution in [2.45, 2.75) is 5.41 Å². The van der Waals surface area contributed by atoms with E-state index in [9.17, 15) is 0 Å². The van der Waals surface area contributed by atoms with Crippen molar-refractivity contribution in [2.24, 2.45) is 0 Å². The zero-order valence-corrected chi connectivity index (χ0v) is 39.7. The first-order chi connectivity index (χ1) is 35.7. The molecule has 2 aliphatic rings. The second-order valence-electron chi connectivity index (χ2n) is 19.0. The minimum absolute atomic E-state index is 0.481. The van der Waals surface area contributed by atoms with Gasteiger partial charge in [-0.1, -0.05) is 243 Å². The van der Waals surface area contributed by atoms with Gasteiger partial charge < -0.3 is 0 Å². The van der Waals surface area contributed by atoms with E-state index in [1.54, 1.807) is 0 Å². The van der Waals surface area contributed by atoms with E-state index in [0.717, 1.165) is 38.9 Å². The normalized spacial score (nSPS) is 12.8. The van der Waals surface area contributed by atoms with Crippen molar-refractivity contribution in [1.82, 2.24) is 15.0 Å². The van der Waals surface area contributed by atoms with Crippen molar-refractivity contribution in [3.05, 3.63) is 271 Å². The molecule has 0 N–H and O–H groups in total. The molecule has 0 bridgehead atoms. The SMILES string of the molecule is c1ccc2c(c1)-c1ccccc1C21c2ccccc2-c2c(-c3nc(-c4ccc(-c5ccc(-c6cccc7c6sc6ccccc67)cc5)cc4)nc(-c4ccc(-c5cccc6ccccc56)cc4)n3)cccc21. The highest BCUT2D eigenvalue weighted by molar-refractivity contribution is 7.26. The number of fused-ring (bicyclic) bond motifs is 14. The fourth-order valence-corrected chi connectivity index (χ4v) is 13.2. The predicted octanol–water partition coefficient (Wildman–Crippen LogP) is 17.7. The van der Waals surface area contributed by atoms with E-state index in [1.807, 2.05) is 11.3 Å². The van der Waals surface area contributed by atoms with Crippen LogP contribution in [0.5, 0.6) is 0 Å². The van der Waals surface area contributed by atoms with E-state index in [-0.39, 0.29) is 0 Å². The summed E-state index contributed by atoms with van der Waals surface area (Å²) in [5, 5.41) is 5.07. The zero-order chi connectivity index (χ0) is 47.3. The van der Waals surface area contributed by atoms with Crippen molar-refractivity contribution in [2.75, 3.05) is 0 Å². The van der Waals surface area contributed by atoms with Crippen LogP contribution in [0.1, 0.15) is 22.3 Å². The van der Waals surface area contributed by atoms with Crippen molar-refractivity contribution >= 4 is 42.3 Å². The van der Waals surface area contributed by atoms with Crippen LogP contribution < -0.4 is 0 Å². The number of rotatable bonds is 6. The molecule has 0 radical (unpaired) electrons. The summed E-state index contributed by atoms with van der Waals surface area (Å²) in [6.07, 6.45) is 0. The molecule has 13 aromatic rings. The Morgan fingerprint density at radius 2 is 0.681 bits per heavy atom. The van der Waals surface area contributed by atoms with Crippen molar-refractivity contribution < 1.29 is 0 Å². The van der Waals surface area contributed by atoms with E-state index >= 15 is 0 Å². The van der Waals surface area contributed by atoms with E-state index in [0.29, 0.717) is 17.5 Å². The lowest BCUT2D eigenvalue weighted by molar-refractivity contribution is 0.794. The molecule has 0 atom stereocenters. The highest BCUT2D eigenvalue weighted by Crippen LogP contribution is 2.64. The highest BCUT2D eigenvalue weighted by Gasteiger charge is 2.52. The largest absolute Gasteiger partial charge is 0.208 e. The molecule has 3 nitrogen and oxygen atoms in total. The fraction of sp³-hybridized carbons (Fsp3) is 0.0147. The standard InChI is InChI=1S/C68H41N3S/c1-2-16-49-44(14-1)15-11-21-50(49)45-36-40-48(41-37-45)66-69-65(47-38-32-43(33-39-47)42-30-34-46(35-31-42)51-22-12-23-55-54-19-6-10-29-62(54)72-64(51)55)70-67(71-66)57-24-13-28-61-63(57)56-20-5-9-27-60(56)68(61)58-25-7-3-17-52(58)53-18-4-8-26-59(53)68/h1-41H. The maximum absolute atomic E-state index is 5.42. The zero-order valence-electron chi connectivity index (χ0n) is 38.9. The van der Waals surface area contributed by atoms with Gasteiger partial charge in [-0.3, -0.25) is 0 Å². The van der Waals surface area contributed by atoms with Gasteiger partial charge in [0.05, 0.1) is 5.41 Å². The van der Waals surface area contributed by atoms with Gasteiger partial charge >= 0.3 is 0 Å². The minimum atomic E-state index is -0.481. The molecule has 334 valence electrons. The van der Waals surface area contributed by atoms with Crippen LogP contribution in [0.4, 0.5) is 0 Å². The van der Waals surface area contributed by atoms with Crippen LogP contribution in [0.3, 0.4) is 0 Å². The predicted molar refractivity (Wildman–Crippen MR) is 299 cm³/mol. The van der Waals surface area contributed by atoms with E-state index in [1.165, 1.54) is 86.6 Å². The molecule has 2 aromatic heterocycles. The van der Waals surface area contributed by atoms with Gasteiger partial charge in [0.1, 0.15) is 0 Å². The molecule has 0 unspecified atom stereocenters. The summed E-state index contributed by atoms with van der Waals surface area (Å²) in [4.78, 5) is 16.1. The van der Waals surface area contributed by atoms with Gasteiger partial charge in [0.25, 0.3) is 0 Å². The molecule has 15 rings (SSSR count). The summed E-state index contributed by atoms with van der Waals surface area (Å²) >= 11 is 1.87. The molecule has 0 amide bonds. The van der Waals surface area contributed by atoms with E-state index in [2.05, 4.69) is 249 Å². The number of hydrogen-bond donors (Lipinski definition) is 0. The summed E-state index contributed by atoms with van der Waals surface area (Å²) in [6, 6.07) is 90.3. The second-order valence-corrected chi connectivity index (χ2v) is 20.0. The lowest BCUT2D eigenvalue weighted by Crippen LogP contribution is -2.25. The summed E-state index contributed by atoms with van der Waals surface area (Å²) in [7, 11) is 0. The third kappa shape index (κ3) is 6.06. The Labute approximate surface area is 421 Å². The number of aromatic nitrogens is 3. The van der Waals surface area contributed by atoms with Crippen LogP contribution in [0, 0.1) is 0 Å². The fourth-order valence-electron chi connectivity index (χ4n) is 12.0. The van der Waals surface area contributed by atoms with Gasteiger partial charge in [0.15, 0.2) is 17.5 Å². The Kier molecular flexibility index (Phi) is 9.04. The molecule has 4 heteroatoms. The molecular formula is C68H41N3S. The van der Waals surface area contributed by atoms with Crippen LogP contribution in [0.2, 0.25) is 0 Å². The number of benzene rings is 11. The number of hydrogen-bond acceptors (Lipinski definition) is 4. The monoisotopic (exact) mass is 931 g/mol. The van der Waals surface area contributed by atoms with E-state index < -0.39 is 5.41 Å². The Morgan fingerprint density at radius 3 is 1.36 bits per heavy atom. The summed E-state index contributed by atoms with van der Waals surface area (Å²) in [5.74, 6) is 1.90. The van der Waals surface area contributed by atoms with Crippen molar-refractivity contribution in [3.8, 4) is 89.8 Å². The average Bonchev–Trinajstić information content (AvgIpc) is 4.10. The first-order valence-electron chi connectivity index (χ1n) is 24.6. The Bertz CT molecular complexity index is 4270. The van der Waals surface area contributed by atoms with Gasteiger partial charge in [0.2, 0.25) is 0 Å². The van der Waals surface area contributed by atoms with Gasteiger partial charge in [-0.25, -0.2) is 15.0 Å². The van der Waals surface area contributed by atoms with Gasteiger partial charge in [-0.2, -0.15) is 0 Å². The lowest BCUT2D eigenvalue weighted by atomic mass is 9.70. The molecule has 2 aliphatic carbocycles. The molecule has 0 saturated carbocycles.